The predicted octanol–water partition coefficient (Wildman–Crippen LogP) is 2.14. The Morgan fingerprint density at radius 1 is 1.25 bits per heavy atom. The van der Waals surface area contributed by atoms with Crippen molar-refractivity contribution in [1.29, 1.82) is 0 Å². The highest BCUT2D eigenvalue weighted by atomic mass is 32.2. The molecule has 2 aliphatic heterocycles. The second-order valence-electron chi connectivity index (χ2n) is 5.58. The van der Waals surface area contributed by atoms with Crippen LogP contribution in [0.5, 0.6) is 0 Å². The van der Waals surface area contributed by atoms with E-state index in [1.54, 1.807) is 41.4 Å². The molecule has 2 amide bonds. The van der Waals surface area contributed by atoms with Gasteiger partial charge < -0.3 is 20.1 Å². The van der Waals surface area contributed by atoms with Crippen LogP contribution in [0.4, 0.5) is 5.69 Å². The molecule has 0 saturated carbocycles. The molecule has 3 rings (SSSR count). The van der Waals surface area contributed by atoms with E-state index in [0.29, 0.717) is 30.2 Å². The fraction of sp³-hybridized carbons (Fsp3) is 0.412. The summed E-state index contributed by atoms with van der Waals surface area (Å²) in [5, 5.41) is 7.33. The Balaban J connectivity index is 1.57. The van der Waals surface area contributed by atoms with Crippen LogP contribution in [-0.4, -0.2) is 43.4 Å². The molecule has 128 valence electrons. The second-order valence-corrected chi connectivity index (χ2v) is 6.56. The van der Waals surface area contributed by atoms with E-state index in [9.17, 15) is 9.59 Å². The normalized spacial score (nSPS) is 20.0. The number of benzene rings is 1. The molecule has 0 radical (unpaired) electrons. The third-order valence-corrected chi connectivity index (χ3v) is 4.55. The number of ether oxygens (including phenoxy) is 2. The van der Waals surface area contributed by atoms with Crippen molar-refractivity contribution in [2.75, 3.05) is 30.8 Å². The lowest BCUT2D eigenvalue weighted by Crippen LogP contribution is -2.31. The van der Waals surface area contributed by atoms with Crippen LogP contribution in [0, 0.1) is 0 Å². The largest absolute Gasteiger partial charge is 0.487 e. The van der Waals surface area contributed by atoms with Crippen LogP contribution in [0.15, 0.2) is 35.4 Å². The minimum Gasteiger partial charge on any atom is -0.487 e. The lowest BCUT2D eigenvalue weighted by molar-refractivity contribution is -0.116. The zero-order valence-electron chi connectivity index (χ0n) is 13.2. The molecule has 1 fully saturated rings. The van der Waals surface area contributed by atoms with Crippen molar-refractivity contribution in [2.24, 2.45) is 0 Å². The maximum Gasteiger partial charge on any atom is 0.291 e. The number of rotatable bonds is 5. The highest BCUT2D eigenvalue weighted by Gasteiger charge is 2.18. The molecule has 1 saturated heterocycles. The fourth-order valence-corrected chi connectivity index (χ4v) is 3.16. The van der Waals surface area contributed by atoms with Crippen LogP contribution in [-0.2, 0) is 14.3 Å². The summed E-state index contributed by atoms with van der Waals surface area (Å²) >= 11 is 1.54. The molecule has 2 heterocycles. The highest BCUT2D eigenvalue weighted by Crippen LogP contribution is 2.18. The van der Waals surface area contributed by atoms with Gasteiger partial charge in [0, 0.05) is 35.6 Å². The number of carbonyl (C=O) groups excluding carboxylic acids is 2. The molecular formula is C17H20N2O4S. The summed E-state index contributed by atoms with van der Waals surface area (Å²) in [6, 6.07) is 6.85. The van der Waals surface area contributed by atoms with E-state index in [1.807, 2.05) is 0 Å². The summed E-state index contributed by atoms with van der Waals surface area (Å²) in [4.78, 5) is 24.3. The van der Waals surface area contributed by atoms with Gasteiger partial charge in [0.2, 0.25) is 0 Å². The van der Waals surface area contributed by atoms with E-state index in [4.69, 9.17) is 9.47 Å². The minimum atomic E-state index is -0.306. The van der Waals surface area contributed by atoms with Crippen molar-refractivity contribution in [3.8, 4) is 0 Å². The van der Waals surface area contributed by atoms with Crippen molar-refractivity contribution in [3.05, 3.63) is 41.0 Å². The van der Waals surface area contributed by atoms with Gasteiger partial charge >= 0.3 is 0 Å². The maximum absolute atomic E-state index is 12.2. The zero-order valence-corrected chi connectivity index (χ0v) is 14.1. The number of anilines is 1. The molecule has 6 nitrogen and oxygen atoms in total. The van der Waals surface area contributed by atoms with Crippen molar-refractivity contribution in [2.45, 2.75) is 18.9 Å². The van der Waals surface area contributed by atoms with Crippen LogP contribution < -0.4 is 10.6 Å². The Hall–Kier alpha value is -1.99. The highest BCUT2D eigenvalue weighted by molar-refractivity contribution is 8.02. The van der Waals surface area contributed by atoms with Gasteiger partial charge in [-0.15, -0.1) is 11.8 Å². The van der Waals surface area contributed by atoms with Gasteiger partial charge in [-0.05, 0) is 31.0 Å². The van der Waals surface area contributed by atoms with Gasteiger partial charge in [-0.25, -0.2) is 0 Å². The van der Waals surface area contributed by atoms with Crippen LogP contribution in [0.1, 0.15) is 23.2 Å². The summed E-state index contributed by atoms with van der Waals surface area (Å²) in [6.07, 6.45) is 2.12. The standard InChI is InChI=1S/C17H20N2O4S/c20-16(18-10-14-5-2-6-22-14)12-3-1-4-13(9-12)19-17(21)15-11-24-8-7-23-15/h1,3-4,9,11,14H,2,5-8,10H2,(H,18,20)(H,19,21). The Kier molecular flexibility index (Phi) is 5.77. The fourth-order valence-electron chi connectivity index (χ4n) is 2.53. The first-order valence-electron chi connectivity index (χ1n) is 7.98. The third kappa shape index (κ3) is 4.52. The topological polar surface area (TPSA) is 76.7 Å². The molecular weight excluding hydrogens is 328 g/mol. The van der Waals surface area contributed by atoms with E-state index in [1.165, 1.54) is 0 Å². The summed E-state index contributed by atoms with van der Waals surface area (Å²) in [7, 11) is 0. The van der Waals surface area contributed by atoms with Crippen molar-refractivity contribution >= 4 is 29.3 Å². The van der Waals surface area contributed by atoms with Gasteiger partial charge in [0.05, 0.1) is 12.7 Å². The van der Waals surface area contributed by atoms with Gasteiger partial charge in [-0.2, -0.15) is 0 Å². The molecule has 7 heteroatoms. The zero-order chi connectivity index (χ0) is 16.8. The average molecular weight is 348 g/mol. The monoisotopic (exact) mass is 348 g/mol. The molecule has 0 aromatic heterocycles. The van der Waals surface area contributed by atoms with E-state index >= 15 is 0 Å². The smallest absolute Gasteiger partial charge is 0.291 e. The first-order valence-corrected chi connectivity index (χ1v) is 9.03. The summed E-state index contributed by atoms with van der Waals surface area (Å²) in [5.74, 6) is 0.667. The van der Waals surface area contributed by atoms with Gasteiger partial charge in [0.25, 0.3) is 11.8 Å². The van der Waals surface area contributed by atoms with Crippen LogP contribution in [0.2, 0.25) is 0 Å². The molecule has 0 bridgehead atoms. The minimum absolute atomic E-state index is 0.102. The molecule has 1 atom stereocenters. The van der Waals surface area contributed by atoms with Crippen molar-refractivity contribution in [1.82, 2.24) is 5.32 Å². The molecule has 1 unspecified atom stereocenters. The van der Waals surface area contributed by atoms with E-state index in [0.717, 1.165) is 25.2 Å². The molecule has 0 spiro atoms. The number of hydrogen-bond acceptors (Lipinski definition) is 5. The maximum atomic E-state index is 12.2. The number of thioether (sulfide) groups is 1. The molecule has 1 aromatic rings. The van der Waals surface area contributed by atoms with Crippen LogP contribution in [0.3, 0.4) is 0 Å². The SMILES string of the molecule is O=C(Nc1cccc(C(=O)NCC2CCCO2)c1)C1=CSCCO1. The van der Waals surface area contributed by atoms with E-state index in [2.05, 4.69) is 10.6 Å². The molecule has 0 aliphatic carbocycles. The summed E-state index contributed by atoms with van der Waals surface area (Å²) in [6.45, 7) is 1.79. The quantitative estimate of drug-likeness (QED) is 0.853. The lowest BCUT2D eigenvalue weighted by Gasteiger charge is -2.14. The second kappa shape index (κ2) is 8.21. The van der Waals surface area contributed by atoms with Gasteiger partial charge in [0.15, 0.2) is 5.76 Å². The third-order valence-electron chi connectivity index (χ3n) is 3.77. The number of nitrogens with one attached hydrogen (secondary N) is 2. The summed E-state index contributed by atoms with van der Waals surface area (Å²) in [5.41, 5.74) is 1.06. The van der Waals surface area contributed by atoms with Crippen molar-refractivity contribution < 1.29 is 19.1 Å². The Morgan fingerprint density at radius 2 is 2.17 bits per heavy atom. The van der Waals surface area contributed by atoms with Gasteiger partial charge in [-0.3, -0.25) is 9.59 Å². The molecule has 2 aliphatic rings. The Bertz CT molecular complexity index is 641. The van der Waals surface area contributed by atoms with Gasteiger partial charge in [-0.1, -0.05) is 6.07 Å². The average Bonchev–Trinajstić information content (AvgIpc) is 3.14. The number of hydrogen-bond donors (Lipinski definition) is 2. The summed E-state index contributed by atoms with van der Waals surface area (Å²) < 4.78 is 10.8. The predicted molar refractivity (Wildman–Crippen MR) is 92.9 cm³/mol. The first-order chi connectivity index (χ1) is 11.7. The Labute approximate surface area is 145 Å². The van der Waals surface area contributed by atoms with E-state index < -0.39 is 0 Å². The number of carbonyl (C=O) groups is 2. The van der Waals surface area contributed by atoms with Gasteiger partial charge in [0.1, 0.15) is 0 Å². The van der Waals surface area contributed by atoms with Crippen LogP contribution in [0.25, 0.3) is 0 Å². The molecule has 2 N–H and O–H groups in total. The van der Waals surface area contributed by atoms with Crippen molar-refractivity contribution in [3.63, 3.8) is 0 Å². The first kappa shape index (κ1) is 16.9. The van der Waals surface area contributed by atoms with Crippen LogP contribution >= 0.6 is 11.8 Å². The van der Waals surface area contributed by atoms with E-state index in [-0.39, 0.29) is 17.9 Å². The number of amides is 2. The molecule has 1 aromatic carbocycles. The molecule has 24 heavy (non-hydrogen) atoms. The lowest BCUT2D eigenvalue weighted by atomic mass is 10.1. The Morgan fingerprint density at radius 3 is 2.92 bits per heavy atom.